The van der Waals surface area contributed by atoms with Crippen molar-refractivity contribution >= 4 is 22.6 Å². The van der Waals surface area contributed by atoms with Crippen molar-refractivity contribution in [3.05, 3.63) is 39.7 Å². The number of benzene rings is 1. The number of aromatic nitrogens is 1. The first kappa shape index (κ1) is 20.7. The number of aliphatic hydroxyl groups is 1. The van der Waals surface area contributed by atoms with Gasteiger partial charge in [0.25, 0.3) is 0 Å². The summed E-state index contributed by atoms with van der Waals surface area (Å²) >= 11 is 0. The summed E-state index contributed by atoms with van der Waals surface area (Å²) in [6.07, 6.45) is 0.854. The molecule has 0 saturated carbocycles. The van der Waals surface area contributed by atoms with E-state index in [4.69, 9.17) is 4.84 Å². The van der Waals surface area contributed by atoms with Crippen LogP contribution in [0.15, 0.2) is 17.1 Å². The fourth-order valence-electron chi connectivity index (χ4n) is 4.48. The molecular formula is C20H23F2N3O5. The zero-order valence-electron chi connectivity index (χ0n) is 16.6. The maximum absolute atomic E-state index is 15.6. The number of pyridine rings is 1. The molecule has 8 nitrogen and oxygen atoms in total. The number of piperazine rings is 1. The van der Waals surface area contributed by atoms with E-state index in [0.29, 0.717) is 6.42 Å². The van der Waals surface area contributed by atoms with Gasteiger partial charge in [-0.25, -0.2) is 13.6 Å². The number of nitrogens with zero attached hydrogens (tertiary/aromatic N) is 3. The lowest BCUT2D eigenvalue weighted by atomic mass is 10.0. The van der Waals surface area contributed by atoms with Gasteiger partial charge in [-0.15, -0.1) is 0 Å². The third-order valence-corrected chi connectivity index (χ3v) is 5.79. The van der Waals surface area contributed by atoms with Gasteiger partial charge in [-0.3, -0.25) is 9.63 Å². The van der Waals surface area contributed by atoms with Crippen molar-refractivity contribution in [2.45, 2.75) is 45.0 Å². The molecule has 2 aliphatic rings. The molecule has 0 amide bonds. The van der Waals surface area contributed by atoms with Crippen LogP contribution in [-0.2, 0) is 11.4 Å². The Kier molecular flexibility index (Phi) is 5.25. The molecule has 2 N–H and O–H groups in total. The number of carboxylic acid groups (broad SMARTS) is 1. The van der Waals surface area contributed by atoms with Crippen molar-refractivity contribution in [3.8, 4) is 0 Å². The van der Waals surface area contributed by atoms with E-state index in [0.717, 1.165) is 12.3 Å². The second-order valence-electron chi connectivity index (χ2n) is 7.83. The number of hydroxylamine groups is 2. The van der Waals surface area contributed by atoms with E-state index >= 15 is 8.78 Å². The normalized spacial score (nSPS) is 24.8. The van der Waals surface area contributed by atoms with Crippen LogP contribution in [0.3, 0.4) is 0 Å². The third kappa shape index (κ3) is 3.24. The number of aliphatic hydroxyl groups excluding tert-OH is 1. The van der Waals surface area contributed by atoms with Gasteiger partial charge in [0.15, 0.2) is 5.82 Å². The van der Waals surface area contributed by atoms with Crippen molar-refractivity contribution in [2.24, 2.45) is 0 Å². The minimum Gasteiger partial charge on any atom is -0.477 e. The molecule has 2 fully saturated rings. The second-order valence-corrected chi connectivity index (χ2v) is 7.83. The maximum atomic E-state index is 15.6. The first-order valence-electron chi connectivity index (χ1n) is 9.85. The lowest BCUT2D eigenvalue weighted by Gasteiger charge is -2.48. The summed E-state index contributed by atoms with van der Waals surface area (Å²) in [4.78, 5) is 31.0. The molecule has 0 bridgehead atoms. The molecule has 4 rings (SSSR count). The summed E-state index contributed by atoms with van der Waals surface area (Å²) in [5.41, 5.74) is -1.85. The topological polar surface area (TPSA) is 95.2 Å². The van der Waals surface area contributed by atoms with Crippen LogP contribution in [0, 0.1) is 11.6 Å². The van der Waals surface area contributed by atoms with E-state index in [1.54, 1.807) is 16.9 Å². The fourth-order valence-corrected chi connectivity index (χ4v) is 4.48. The molecular weight excluding hydrogens is 400 g/mol. The zero-order chi connectivity index (χ0) is 21.7. The van der Waals surface area contributed by atoms with E-state index in [-0.39, 0.29) is 54.9 Å². The first-order chi connectivity index (χ1) is 14.2. The van der Waals surface area contributed by atoms with E-state index < -0.39 is 34.7 Å². The Morgan fingerprint density at radius 1 is 1.33 bits per heavy atom. The van der Waals surface area contributed by atoms with E-state index in [2.05, 4.69) is 0 Å². The van der Waals surface area contributed by atoms with Crippen molar-refractivity contribution < 1.29 is 28.6 Å². The van der Waals surface area contributed by atoms with Crippen molar-refractivity contribution in [2.75, 3.05) is 24.6 Å². The standard InChI is InChI=1S/C20H23F2N3O5/c1-3-23-8-14(20(28)29)19(27)13-5-15(21)18(16(22)17(13)23)24-6-10(2)25-11(7-24)4-12(26)9-30-25/h5,8,10-12,26H,3-4,6-7,9H2,1-2H3,(H,28,29). The number of carbonyl (C=O) groups is 1. The number of carboxylic acids is 1. The molecule has 0 radical (unpaired) electrons. The van der Waals surface area contributed by atoms with Crippen LogP contribution in [0.1, 0.15) is 30.6 Å². The van der Waals surface area contributed by atoms with Gasteiger partial charge >= 0.3 is 5.97 Å². The number of fused-ring (bicyclic) bond motifs is 2. The van der Waals surface area contributed by atoms with E-state index in [1.807, 2.05) is 6.92 Å². The van der Waals surface area contributed by atoms with E-state index in [1.165, 1.54) is 4.57 Å². The number of hydrogen-bond acceptors (Lipinski definition) is 6. The van der Waals surface area contributed by atoms with Gasteiger partial charge in [0.1, 0.15) is 17.1 Å². The van der Waals surface area contributed by atoms with Gasteiger partial charge in [0, 0.05) is 25.8 Å². The predicted molar refractivity (Wildman–Crippen MR) is 105 cm³/mol. The van der Waals surface area contributed by atoms with Crippen LogP contribution in [-0.4, -0.2) is 63.7 Å². The number of aromatic carboxylic acids is 1. The maximum Gasteiger partial charge on any atom is 0.341 e. The molecule has 3 unspecified atom stereocenters. The molecule has 2 saturated heterocycles. The summed E-state index contributed by atoms with van der Waals surface area (Å²) in [5, 5.41) is 20.6. The molecule has 0 aliphatic carbocycles. The number of anilines is 1. The molecule has 1 aromatic carbocycles. The van der Waals surface area contributed by atoms with Crippen LogP contribution in [0.5, 0.6) is 0 Å². The average molecular weight is 423 g/mol. The monoisotopic (exact) mass is 423 g/mol. The molecule has 3 heterocycles. The second kappa shape index (κ2) is 7.60. The van der Waals surface area contributed by atoms with Gasteiger partial charge in [0.05, 0.1) is 35.7 Å². The molecule has 30 heavy (non-hydrogen) atoms. The average Bonchev–Trinajstić information content (AvgIpc) is 2.68. The van der Waals surface area contributed by atoms with Crippen molar-refractivity contribution in [1.29, 1.82) is 0 Å². The van der Waals surface area contributed by atoms with Gasteiger partial charge in [-0.05, 0) is 26.3 Å². The molecule has 2 aromatic rings. The SMILES string of the molecule is CCn1cc(C(=O)O)c(=O)c2cc(F)c(N3CC(C)N4OCC(O)CC4C3)c(F)c21. The quantitative estimate of drug-likeness (QED) is 0.774. The summed E-state index contributed by atoms with van der Waals surface area (Å²) < 4.78 is 32.0. The molecule has 3 atom stereocenters. The Morgan fingerprint density at radius 2 is 2.07 bits per heavy atom. The molecule has 1 aromatic heterocycles. The van der Waals surface area contributed by atoms with Crippen LogP contribution in [0.2, 0.25) is 0 Å². The lowest BCUT2D eigenvalue weighted by molar-refractivity contribution is -0.259. The highest BCUT2D eigenvalue weighted by Crippen LogP contribution is 2.34. The first-order valence-corrected chi connectivity index (χ1v) is 9.85. The number of halogens is 2. The fraction of sp³-hybridized carbons (Fsp3) is 0.500. The van der Waals surface area contributed by atoms with Gasteiger partial charge in [-0.1, -0.05) is 0 Å². The Morgan fingerprint density at radius 3 is 2.73 bits per heavy atom. The Balaban J connectivity index is 1.85. The van der Waals surface area contributed by atoms with Crippen LogP contribution >= 0.6 is 0 Å². The zero-order valence-corrected chi connectivity index (χ0v) is 16.6. The Labute approximate surface area is 170 Å². The van der Waals surface area contributed by atoms with Crippen LogP contribution in [0.4, 0.5) is 14.5 Å². The summed E-state index contributed by atoms with van der Waals surface area (Å²) in [6.45, 7) is 4.47. The lowest BCUT2D eigenvalue weighted by Crippen LogP contribution is -2.61. The van der Waals surface area contributed by atoms with Gasteiger partial charge in [-0.2, -0.15) is 5.06 Å². The highest BCUT2D eigenvalue weighted by molar-refractivity contribution is 5.93. The number of aryl methyl sites for hydroxylation is 1. The minimum absolute atomic E-state index is 0.126. The molecule has 2 aliphatic heterocycles. The Hall–Kier alpha value is -2.56. The van der Waals surface area contributed by atoms with Crippen molar-refractivity contribution in [3.63, 3.8) is 0 Å². The van der Waals surface area contributed by atoms with Gasteiger partial charge < -0.3 is 19.7 Å². The number of rotatable bonds is 3. The predicted octanol–water partition coefficient (Wildman–Crippen LogP) is 1.57. The van der Waals surface area contributed by atoms with Crippen LogP contribution < -0.4 is 10.3 Å². The smallest absolute Gasteiger partial charge is 0.341 e. The minimum atomic E-state index is -1.45. The van der Waals surface area contributed by atoms with E-state index in [9.17, 15) is 19.8 Å². The molecule has 162 valence electrons. The molecule has 0 spiro atoms. The third-order valence-electron chi connectivity index (χ3n) is 5.79. The Bertz CT molecular complexity index is 1070. The largest absolute Gasteiger partial charge is 0.477 e. The molecule has 10 heteroatoms. The van der Waals surface area contributed by atoms with Gasteiger partial charge in [0.2, 0.25) is 5.43 Å². The highest BCUT2D eigenvalue weighted by atomic mass is 19.1. The number of hydrogen-bond donors (Lipinski definition) is 2. The summed E-state index contributed by atoms with van der Waals surface area (Å²) in [7, 11) is 0. The van der Waals surface area contributed by atoms with Crippen molar-refractivity contribution in [1.82, 2.24) is 9.63 Å². The summed E-state index contributed by atoms with van der Waals surface area (Å²) in [6, 6.07) is 0.501. The van der Waals surface area contributed by atoms with Crippen LogP contribution in [0.25, 0.3) is 10.9 Å². The summed E-state index contributed by atoms with van der Waals surface area (Å²) in [5.74, 6) is -3.28. The highest BCUT2D eigenvalue weighted by Gasteiger charge is 2.39.